The third kappa shape index (κ3) is 4.76. The molecule has 7 nitrogen and oxygen atoms in total. The summed E-state index contributed by atoms with van der Waals surface area (Å²) in [5.74, 6) is 1.15. The molecule has 0 saturated carbocycles. The molecule has 0 bridgehead atoms. The molecule has 1 aliphatic rings. The number of aryl methyl sites for hydroxylation is 1. The first-order chi connectivity index (χ1) is 14.4. The van der Waals surface area contributed by atoms with E-state index in [1.165, 1.54) is 4.31 Å². The lowest BCUT2D eigenvalue weighted by atomic mass is 10.1. The van der Waals surface area contributed by atoms with Crippen LogP contribution in [0.4, 0.5) is 0 Å². The van der Waals surface area contributed by atoms with Crippen molar-refractivity contribution in [2.45, 2.75) is 24.7 Å². The van der Waals surface area contributed by atoms with Gasteiger partial charge < -0.3 is 14.4 Å². The van der Waals surface area contributed by atoms with Gasteiger partial charge >= 0.3 is 0 Å². The quantitative estimate of drug-likeness (QED) is 0.671. The van der Waals surface area contributed by atoms with Gasteiger partial charge in [-0.1, -0.05) is 25.1 Å². The maximum atomic E-state index is 12.9. The van der Waals surface area contributed by atoms with Gasteiger partial charge in [0, 0.05) is 26.2 Å². The Balaban J connectivity index is 1.61. The number of carbonyl (C=O) groups excluding carboxylic acids is 1. The van der Waals surface area contributed by atoms with Gasteiger partial charge in [-0.2, -0.15) is 4.31 Å². The molecule has 2 aromatic rings. The molecule has 2 aromatic carbocycles. The van der Waals surface area contributed by atoms with Gasteiger partial charge in [0.05, 0.1) is 25.5 Å². The molecule has 0 radical (unpaired) electrons. The molecule has 0 N–H and O–H groups in total. The first-order valence-corrected chi connectivity index (χ1v) is 11.4. The fourth-order valence-electron chi connectivity index (χ4n) is 3.50. The van der Waals surface area contributed by atoms with Crippen molar-refractivity contribution in [3.05, 3.63) is 53.6 Å². The summed E-state index contributed by atoms with van der Waals surface area (Å²) < 4.78 is 37.7. The Hall–Kier alpha value is -2.58. The van der Waals surface area contributed by atoms with E-state index in [9.17, 15) is 13.2 Å². The van der Waals surface area contributed by atoms with Gasteiger partial charge in [0.2, 0.25) is 15.9 Å². The van der Waals surface area contributed by atoms with Crippen LogP contribution in [0.2, 0.25) is 0 Å². The molecular weight excluding hydrogens is 404 g/mol. The highest BCUT2D eigenvalue weighted by Gasteiger charge is 2.30. The molecule has 1 saturated heterocycles. The first-order valence-electron chi connectivity index (χ1n) is 9.96. The van der Waals surface area contributed by atoms with Crippen molar-refractivity contribution in [3.8, 4) is 11.5 Å². The van der Waals surface area contributed by atoms with Crippen LogP contribution in [0.1, 0.15) is 18.1 Å². The van der Waals surface area contributed by atoms with Crippen LogP contribution < -0.4 is 9.47 Å². The Labute approximate surface area is 178 Å². The molecule has 0 spiro atoms. The SMILES string of the molecule is CCc1ccc(S(=O)(=O)N2CCN(C(=O)Cc3ccc(OC)c(OC)c3)CC2)cc1. The van der Waals surface area contributed by atoms with Crippen molar-refractivity contribution < 1.29 is 22.7 Å². The lowest BCUT2D eigenvalue weighted by Gasteiger charge is -2.34. The van der Waals surface area contributed by atoms with E-state index in [2.05, 4.69) is 0 Å². The lowest BCUT2D eigenvalue weighted by molar-refractivity contribution is -0.131. The van der Waals surface area contributed by atoms with Gasteiger partial charge in [0.25, 0.3) is 0 Å². The van der Waals surface area contributed by atoms with Crippen LogP contribution in [0, 0.1) is 0 Å². The molecule has 1 fully saturated rings. The summed E-state index contributed by atoms with van der Waals surface area (Å²) in [4.78, 5) is 14.7. The number of carbonyl (C=O) groups is 1. The predicted octanol–water partition coefficient (Wildman–Crippen LogP) is 2.34. The Morgan fingerprint density at radius 3 is 2.07 bits per heavy atom. The Morgan fingerprint density at radius 2 is 1.50 bits per heavy atom. The second kappa shape index (κ2) is 9.49. The summed E-state index contributed by atoms with van der Waals surface area (Å²) in [5.41, 5.74) is 1.92. The summed E-state index contributed by atoms with van der Waals surface area (Å²) in [5, 5.41) is 0. The van der Waals surface area contributed by atoms with Crippen molar-refractivity contribution in [2.24, 2.45) is 0 Å². The molecule has 30 heavy (non-hydrogen) atoms. The summed E-state index contributed by atoms with van der Waals surface area (Å²) >= 11 is 0. The largest absolute Gasteiger partial charge is 0.493 e. The number of methoxy groups -OCH3 is 2. The normalized spacial score (nSPS) is 15.1. The van der Waals surface area contributed by atoms with Crippen LogP contribution in [0.3, 0.4) is 0 Å². The van der Waals surface area contributed by atoms with Gasteiger partial charge in [0.1, 0.15) is 0 Å². The lowest BCUT2D eigenvalue weighted by Crippen LogP contribution is -2.50. The fourth-order valence-corrected chi connectivity index (χ4v) is 4.92. The number of sulfonamides is 1. The number of hydrogen-bond donors (Lipinski definition) is 0. The van der Waals surface area contributed by atoms with E-state index in [0.717, 1.165) is 17.5 Å². The minimum atomic E-state index is -3.55. The van der Waals surface area contributed by atoms with E-state index in [0.29, 0.717) is 29.5 Å². The third-order valence-electron chi connectivity index (χ3n) is 5.36. The van der Waals surface area contributed by atoms with Gasteiger partial charge in [-0.15, -0.1) is 0 Å². The second-order valence-electron chi connectivity index (χ2n) is 7.15. The molecule has 1 heterocycles. The maximum Gasteiger partial charge on any atom is 0.243 e. The Morgan fingerprint density at radius 1 is 0.900 bits per heavy atom. The summed E-state index contributed by atoms with van der Waals surface area (Å²) in [7, 11) is -0.428. The Bertz CT molecular complexity index is 981. The van der Waals surface area contributed by atoms with E-state index < -0.39 is 10.0 Å². The highest BCUT2D eigenvalue weighted by Crippen LogP contribution is 2.28. The smallest absolute Gasteiger partial charge is 0.243 e. The van der Waals surface area contributed by atoms with Gasteiger partial charge in [-0.05, 0) is 41.8 Å². The van der Waals surface area contributed by atoms with Gasteiger partial charge in [-0.25, -0.2) is 8.42 Å². The van der Waals surface area contributed by atoms with E-state index in [-0.39, 0.29) is 25.4 Å². The molecule has 1 amide bonds. The summed E-state index contributed by atoms with van der Waals surface area (Å²) in [6.07, 6.45) is 1.09. The van der Waals surface area contributed by atoms with Crippen LogP contribution in [0.5, 0.6) is 11.5 Å². The van der Waals surface area contributed by atoms with Crippen LogP contribution in [-0.4, -0.2) is 63.9 Å². The number of rotatable bonds is 7. The zero-order valence-electron chi connectivity index (χ0n) is 17.6. The number of piperazine rings is 1. The zero-order chi connectivity index (χ0) is 21.7. The average Bonchev–Trinajstić information content (AvgIpc) is 2.79. The summed E-state index contributed by atoms with van der Waals surface area (Å²) in [6.45, 7) is 3.35. The van der Waals surface area contributed by atoms with Crippen LogP contribution in [-0.2, 0) is 27.7 Å². The maximum absolute atomic E-state index is 12.9. The zero-order valence-corrected chi connectivity index (χ0v) is 18.4. The van der Waals surface area contributed by atoms with Crippen LogP contribution in [0.25, 0.3) is 0 Å². The minimum absolute atomic E-state index is 0.0356. The summed E-state index contributed by atoms with van der Waals surface area (Å²) in [6, 6.07) is 12.4. The number of amides is 1. The van der Waals surface area contributed by atoms with Crippen molar-refractivity contribution in [1.82, 2.24) is 9.21 Å². The van der Waals surface area contributed by atoms with Crippen molar-refractivity contribution >= 4 is 15.9 Å². The highest BCUT2D eigenvalue weighted by atomic mass is 32.2. The van der Waals surface area contributed by atoms with Crippen molar-refractivity contribution in [2.75, 3.05) is 40.4 Å². The Kier molecular flexibility index (Phi) is 6.99. The van der Waals surface area contributed by atoms with Crippen LogP contribution >= 0.6 is 0 Å². The number of benzene rings is 2. The van der Waals surface area contributed by atoms with Crippen LogP contribution in [0.15, 0.2) is 47.4 Å². The first kappa shape index (κ1) is 22.1. The topological polar surface area (TPSA) is 76.2 Å². The van der Waals surface area contributed by atoms with Gasteiger partial charge in [0.15, 0.2) is 11.5 Å². The molecule has 0 atom stereocenters. The third-order valence-corrected chi connectivity index (χ3v) is 7.28. The highest BCUT2D eigenvalue weighted by molar-refractivity contribution is 7.89. The number of hydrogen-bond acceptors (Lipinski definition) is 5. The molecule has 0 aromatic heterocycles. The molecule has 8 heteroatoms. The molecule has 1 aliphatic heterocycles. The van der Waals surface area contributed by atoms with E-state index >= 15 is 0 Å². The molecule has 0 aliphatic carbocycles. The van der Waals surface area contributed by atoms with E-state index in [1.807, 2.05) is 25.1 Å². The average molecular weight is 433 g/mol. The molecule has 0 unspecified atom stereocenters. The fraction of sp³-hybridized carbons (Fsp3) is 0.409. The van der Waals surface area contributed by atoms with Gasteiger partial charge in [-0.3, -0.25) is 4.79 Å². The molecular formula is C22H28N2O5S. The standard InChI is InChI=1S/C22H28N2O5S/c1-4-17-5-8-19(9-6-17)30(26,27)24-13-11-23(12-14-24)22(25)16-18-7-10-20(28-2)21(15-18)29-3/h5-10,15H,4,11-14,16H2,1-3H3. The predicted molar refractivity (Wildman–Crippen MR) is 114 cm³/mol. The van der Waals surface area contributed by atoms with Crippen molar-refractivity contribution in [3.63, 3.8) is 0 Å². The van der Waals surface area contributed by atoms with Crippen molar-refractivity contribution in [1.29, 1.82) is 0 Å². The number of nitrogens with zero attached hydrogens (tertiary/aromatic N) is 2. The minimum Gasteiger partial charge on any atom is -0.493 e. The second-order valence-corrected chi connectivity index (χ2v) is 9.09. The van der Waals surface area contributed by atoms with E-state index in [1.54, 1.807) is 43.4 Å². The van der Waals surface area contributed by atoms with E-state index in [4.69, 9.17) is 9.47 Å². The molecule has 162 valence electrons. The number of ether oxygens (including phenoxy) is 2. The monoisotopic (exact) mass is 432 g/mol. The molecule has 3 rings (SSSR count).